The molecule has 0 spiro atoms. The Kier molecular flexibility index (Phi) is 11.0. The van der Waals surface area contributed by atoms with Crippen LogP contribution in [0.15, 0.2) is 41.0 Å². The van der Waals surface area contributed by atoms with E-state index < -0.39 is 0 Å². The van der Waals surface area contributed by atoms with Crippen LogP contribution in [0.5, 0.6) is 0 Å². The molecular formula is C22H28Cl2Zr. The molecule has 0 aliphatic heterocycles. The van der Waals surface area contributed by atoms with E-state index in [4.69, 9.17) is 0 Å². The van der Waals surface area contributed by atoms with Gasteiger partial charge in [-0.3, -0.25) is 6.08 Å². The second kappa shape index (κ2) is 10.2. The number of benzene rings is 1. The molecule has 3 rings (SSSR count). The van der Waals surface area contributed by atoms with Gasteiger partial charge in [-0.1, -0.05) is 57.2 Å². The molecule has 134 valence electrons. The van der Waals surface area contributed by atoms with Crippen LogP contribution < -0.4 is 24.8 Å². The number of hydrogen-bond donors (Lipinski definition) is 0. The van der Waals surface area contributed by atoms with E-state index in [9.17, 15) is 0 Å². The minimum atomic E-state index is 0. The predicted octanol–water partition coefficient (Wildman–Crippen LogP) is 0.602. The van der Waals surface area contributed by atoms with Gasteiger partial charge in [0.05, 0.1) is 0 Å². The van der Waals surface area contributed by atoms with E-state index in [1.165, 1.54) is 44.2 Å². The van der Waals surface area contributed by atoms with E-state index in [-0.39, 0.29) is 56.4 Å². The minimum absolute atomic E-state index is 0. The quantitative estimate of drug-likeness (QED) is 0.512. The van der Waals surface area contributed by atoms with Crippen LogP contribution in [0.1, 0.15) is 51.3 Å². The van der Waals surface area contributed by atoms with Crippen molar-refractivity contribution in [2.24, 2.45) is 5.41 Å². The summed E-state index contributed by atoms with van der Waals surface area (Å²) in [6.07, 6.45) is 3.44. The maximum atomic E-state index is 3.44. The molecule has 0 N–H and O–H groups in total. The second-order valence-electron chi connectivity index (χ2n) is 7.24. The molecular weight excluding hydrogens is 426 g/mol. The van der Waals surface area contributed by atoms with Crippen molar-refractivity contribution in [2.45, 2.75) is 55.4 Å². The van der Waals surface area contributed by atoms with Crippen LogP contribution in [0.2, 0.25) is 0 Å². The molecule has 0 heterocycles. The average molecular weight is 455 g/mol. The molecule has 2 aromatic carbocycles. The monoisotopic (exact) mass is 452 g/mol. The van der Waals surface area contributed by atoms with Gasteiger partial charge in [-0.15, -0.1) is 35.4 Å². The third-order valence-electron chi connectivity index (χ3n) is 4.88. The van der Waals surface area contributed by atoms with Crippen LogP contribution >= 0.6 is 0 Å². The molecule has 0 saturated carbocycles. The third-order valence-corrected chi connectivity index (χ3v) is 4.88. The van der Waals surface area contributed by atoms with Crippen molar-refractivity contribution in [3.05, 3.63) is 63.8 Å². The molecule has 0 amide bonds. The van der Waals surface area contributed by atoms with Crippen molar-refractivity contribution in [1.82, 2.24) is 0 Å². The van der Waals surface area contributed by atoms with Gasteiger partial charge in [-0.2, -0.15) is 17.2 Å². The summed E-state index contributed by atoms with van der Waals surface area (Å²) in [5.41, 5.74) is 8.49. The van der Waals surface area contributed by atoms with E-state index in [0.717, 1.165) is 0 Å². The van der Waals surface area contributed by atoms with Crippen molar-refractivity contribution >= 4 is 10.8 Å². The second-order valence-corrected chi connectivity index (χ2v) is 7.24. The molecule has 0 saturated heterocycles. The third kappa shape index (κ3) is 6.16. The van der Waals surface area contributed by atoms with Crippen molar-refractivity contribution in [3.8, 4) is 0 Å². The van der Waals surface area contributed by atoms with Crippen molar-refractivity contribution in [2.75, 3.05) is 0 Å². The van der Waals surface area contributed by atoms with E-state index >= 15 is 0 Å². The Morgan fingerprint density at radius 3 is 1.84 bits per heavy atom. The summed E-state index contributed by atoms with van der Waals surface area (Å²) in [6, 6.07) is 8.98. The molecule has 0 aromatic heterocycles. The van der Waals surface area contributed by atoms with Crippen molar-refractivity contribution in [1.29, 1.82) is 0 Å². The Morgan fingerprint density at radius 1 is 0.880 bits per heavy atom. The van der Waals surface area contributed by atoms with Crippen molar-refractivity contribution in [3.63, 3.8) is 0 Å². The maximum Gasteiger partial charge on any atom is 4.00 e. The average Bonchev–Trinajstić information content (AvgIpc) is 2.84. The van der Waals surface area contributed by atoms with Gasteiger partial charge in [0, 0.05) is 0 Å². The molecule has 0 atom stereocenters. The number of hydrogen-bond acceptors (Lipinski definition) is 0. The fourth-order valence-electron chi connectivity index (χ4n) is 3.25. The minimum Gasteiger partial charge on any atom is -1.00 e. The van der Waals surface area contributed by atoms with Crippen molar-refractivity contribution < 1.29 is 51.0 Å². The van der Waals surface area contributed by atoms with Gasteiger partial charge in [0.2, 0.25) is 0 Å². The van der Waals surface area contributed by atoms with Crippen LogP contribution in [0.4, 0.5) is 0 Å². The smallest absolute Gasteiger partial charge is 1.00 e. The summed E-state index contributed by atoms with van der Waals surface area (Å²) < 4.78 is 0. The first-order valence-electron chi connectivity index (χ1n) is 8.06. The molecule has 0 radical (unpaired) electrons. The SMILES string of the molecule is CC1=[C-]C(C)(C)C(C)=C1C.Cc1cc(C)c2cc(C)[cH-]c2c1.[Cl-].[Cl-].[Zr+4]. The van der Waals surface area contributed by atoms with Crippen LogP contribution in [0.25, 0.3) is 10.8 Å². The summed E-state index contributed by atoms with van der Waals surface area (Å²) in [7, 11) is 0. The Morgan fingerprint density at radius 2 is 1.44 bits per heavy atom. The first-order valence-corrected chi connectivity index (χ1v) is 8.06. The molecule has 0 fully saturated rings. The zero-order chi connectivity index (χ0) is 16.7. The van der Waals surface area contributed by atoms with Gasteiger partial charge in [0.25, 0.3) is 0 Å². The molecule has 1 aliphatic rings. The van der Waals surface area contributed by atoms with Gasteiger partial charge in [-0.25, -0.2) is 5.57 Å². The Hall–Kier alpha value is -0.227. The largest absolute Gasteiger partial charge is 4.00 e. The molecule has 0 nitrogen and oxygen atoms in total. The summed E-state index contributed by atoms with van der Waals surface area (Å²) in [6.45, 7) is 17.4. The fraction of sp³-hybridized carbons (Fsp3) is 0.409. The van der Waals surface area contributed by atoms with Crippen LogP contribution in [-0.4, -0.2) is 0 Å². The molecule has 0 bridgehead atoms. The van der Waals surface area contributed by atoms with E-state index in [1.54, 1.807) is 0 Å². The number of rotatable bonds is 0. The Labute approximate surface area is 185 Å². The molecule has 0 unspecified atom stereocenters. The topological polar surface area (TPSA) is 0 Å². The zero-order valence-electron chi connectivity index (χ0n) is 16.6. The van der Waals surface area contributed by atoms with Gasteiger partial charge in [-0.05, 0) is 13.8 Å². The first-order chi connectivity index (χ1) is 10.1. The van der Waals surface area contributed by atoms with Gasteiger partial charge < -0.3 is 24.8 Å². The predicted molar refractivity (Wildman–Crippen MR) is 98.3 cm³/mol. The fourth-order valence-corrected chi connectivity index (χ4v) is 3.25. The van der Waals surface area contributed by atoms with E-state index in [2.05, 4.69) is 85.7 Å². The zero-order valence-corrected chi connectivity index (χ0v) is 20.5. The summed E-state index contributed by atoms with van der Waals surface area (Å²) in [5.74, 6) is 0. The van der Waals surface area contributed by atoms with E-state index in [0.29, 0.717) is 0 Å². The Bertz CT molecular complexity index is 777. The molecule has 1 aliphatic carbocycles. The summed E-state index contributed by atoms with van der Waals surface area (Å²) in [5, 5.41) is 2.78. The van der Waals surface area contributed by atoms with Gasteiger partial charge >= 0.3 is 26.2 Å². The molecule has 25 heavy (non-hydrogen) atoms. The van der Waals surface area contributed by atoms with Gasteiger partial charge in [0.15, 0.2) is 0 Å². The summed E-state index contributed by atoms with van der Waals surface area (Å²) in [4.78, 5) is 0. The van der Waals surface area contributed by atoms with Crippen LogP contribution in [0.3, 0.4) is 0 Å². The van der Waals surface area contributed by atoms with Gasteiger partial charge in [0.1, 0.15) is 0 Å². The number of fused-ring (bicyclic) bond motifs is 1. The normalized spacial score (nSPS) is 14.6. The Balaban J connectivity index is 0. The van der Waals surface area contributed by atoms with Crippen LogP contribution in [-0.2, 0) is 26.2 Å². The van der Waals surface area contributed by atoms with Crippen LogP contribution in [0, 0.1) is 32.3 Å². The molecule has 3 heteroatoms. The standard InChI is InChI=1S/C12H13.C10H15.2ClH.Zr/c1-8-4-10(3)12-7-9(2)6-11(12)5-8;1-7-6-10(4,5)9(3)8(7)2;;;/h4-7H,1-3H3;1-5H3;2*1H;/q2*-1;;;+4/p-2. The number of halogens is 2. The van der Waals surface area contributed by atoms with E-state index in [1.807, 2.05) is 0 Å². The summed E-state index contributed by atoms with van der Waals surface area (Å²) >= 11 is 0. The number of aryl methyl sites for hydroxylation is 3. The first kappa shape index (κ1) is 27.0. The maximum absolute atomic E-state index is 3.44. The number of allylic oxidation sites excluding steroid dienone is 4. The molecule has 2 aromatic rings.